The van der Waals surface area contributed by atoms with Crippen molar-refractivity contribution in [1.82, 2.24) is 4.31 Å². The number of azo groups is 1. The van der Waals surface area contributed by atoms with Crippen LogP contribution in [0.1, 0.15) is 13.8 Å². The van der Waals surface area contributed by atoms with E-state index in [0.29, 0.717) is 0 Å². The first-order valence-electron chi connectivity index (χ1n) is 9.84. The van der Waals surface area contributed by atoms with Crippen LogP contribution in [0.5, 0.6) is 11.5 Å². The maximum atomic E-state index is 12.8. The summed E-state index contributed by atoms with van der Waals surface area (Å²) in [4.78, 5) is -0.531. The van der Waals surface area contributed by atoms with Gasteiger partial charge in [0.15, 0.2) is 0 Å². The Morgan fingerprint density at radius 2 is 1.53 bits per heavy atom. The van der Waals surface area contributed by atoms with Gasteiger partial charge in [0.2, 0.25) is 10.0 Å². The van der Waals surface area contributed by atoms with Crippen LogP contribution >= 0.6 is 0 Å². The van der Waals surface area contributed by atoms with Crippen LogP contribution in [0.4, 0.5) is 11.4 Å². The van der Waals surface area contributed by atoms with Gasteiger partial charge in [-0.2, -0.15) is 17.8 Å². The summed E-state index contributed by atoms with van der Waals surface area (Å²) in [5.74, 6) is -0.409. The third kappa shape index (κ3) is 5.60. The summed E-state index contributed by atoms with van der Waals surface area (Å²) in [7, 11) is -7.09. The molecule has 13 heteroatoms. The summed E-state index contributed by atoms with van der Waals surface area (Å²) in [5.41, 5.74) is -0.327. The fourth-order valence-electron chi connectivity index (χ4n) is 3.32. The molecule has 3 aromatic rings. The van der Waals surface area contributed by atoms with E-state index in [9.17, 15) is 26.5 Å². The van der Waals surface area contributed by atoms with E-state index in [2.05, 4.69) is 10.2 Å². The number of rotatable bonds is 8. The van der Waals surface area contributed by atoms with Crippen molar-refractivity contribution in [3.8, 4) is 11.5 Å². The number of methoxy groups -OCH3 is 1. The molecule has 0 atom stereocenters. The molecule has 0 radical (unpaired) electrons. The molecule has 0 heterocycles. The largest absolute Gasteiger partial charge is 1.00 e. The molecule has 0 bridgehead atoms. The summed E-state index contributed by atoms with van der Waals surface area (Å²) >= 11 is 0. The summed E-state index contributed by atoms with van der Waals surface area (Å²) in [5, 5.41) is 20.7. The Hall–Kier alpha value is -2.06. The van der Waals surface area contributed by atoms with E-state index >= 15 is 0 Å². The van der Waals surface area contributed by atoms with Crippen molar-refractivity contribution in [3.05, 3.63) is 48.5 Å². The average molecular weight is 516 g/mol. The van der Waals surface area contributed by atoms with Crippen LogP contribution in [0.2, 0.25) is 0 Å². The number of ether oxygens (including phenoxy) is 1. The average Bonchev–Trinajstić information content (AvgIpc) is 2.78. The SMILES string of the molecule is CCN(CC)S(=O)(=O)c1ccc(OC)c(N=Nc2cc(S(=O)(=O)O)c3ccccc3c2[O-])c1.[Na+]. The molecule has 1 N–H and O–H groups in total. The maximum Gasteiger partial charge on any atom is 1.00 e. The fraction of sp³-hybridized carbons (Fsp3) is 0.238. The molecule has 0 saturated heterocycles. The van der Waals surface area contributed by atoms with E-state index in [1.807, 2.05) is 0 Å². The minimum Gasteiger partial charge on any atom is -0.871 e. The normalized spacial score (nSPS) is 12.3. The van der Waals surface area contributed by atoms with Gasteiger partial charge in [-0.3, -0.25) is 4.55 Å². The molecule has 0 spiro atoms. The Bertz CT molecular complexity index is 1440. The number of fused-ring (bicyclic) bond motifs is 1. The van der Waals surface area contributed by atoms with E-state index in [1.165, 1.54) is 47.8 Å². The Labute approximate surface area is 220 Å². The molecule has 0 aromatic heterocycles. The van der Waals surface area contributed by atoms with E-state index < -0.39 is 30.8 Å². The van der Waals surface area contributed by atoms with E-state index in [0.717, 1.165) is 6.07 Å². The third-order valence-corrected chi connectivity index (χ3v) is 7.91. The van der Waals surface area contributed by atoms with E-state index in [1.54, 1.807) is 19.9 Å². The number of benzene rings is 3. The van der Waals surface area contributed by atoms with Crippen LogP contribution in [0.25, 0.3) is 10.8 Å². The second-order valence-electron chi connectivity index (χ2n) is 6.87. The molecule has 3 rings (SSSR count). The first kappa shape index (κ1) is 28.2. The zero-order valence-corrected chi connectivity index (χ0v) is 22.7. The summed E-state index contributed by atoms with van der Waals surface area (Å²) in [6, 6.07) is 10.8. The minimum absolute atomic E-state index is 0. The molecule has 0 unspecified atom stereocenters. The zero-order chi connectivity index (χ0) is 24.4. The molecule has 0 aliphatic heterocycles. The van der Waals surface area contributed by atoms with Gasteiger partial charge in [-0.25, -0.2) is 8.42 Å². The van der Waals surface area contributed by atoms with Crippen molar-refractivity contribution in [1.29, 1.82) is 0 Å². The molecule has 0 saturated carbocycles. The van der Waals surface area contributed by atoms with Gasteiger partial charge >= 0.3 is 29.6 Å². The van der Waals surface area contributed by atoms with Gasteiger partial charge in [0.25, 0.3) is 10.1 Å². The Morgan fingerprint density at radius 3 is 2.09 bits per heavy atom. The van der Waals surface area contributed by atoms with Gasteiger partial charge in [-0.05, 0) is 29.7 Å². The van der Waals surface area contributed by atoms with Crippen molar-refractivity contribution >= 4 is 42.3 Å². The van der Waals surface area contributed by atoms with Crippen molar-refractivity contribution < 1.29 is 60.8 Å². The van der Waals surface area contributed by atoms with Crippen molar-refractivity contribution in [2.75, 3.05) is 20.2 Å². The van der Waals surface area contributed by atoms with E-state index in [4.69, 9.17) is 4.74 Å². The zero-order valence-electron chi connectivity index (χ0n) is 19.1. The molecule has 0 aliphatic rings. The number of hydrogen-bond donors (Lipinski definition) is 1. The first-order chi connectivity index (χ1) is 15.5. The monoisotopic (exact) mass is 515 g/mol. The van der Waals surface area contributed by atoms with Crippen LogP contribution in [-0.4, -0.2) is 45.9 Å². The molecule has 0 amide bonds. The van der Waals surface area contributed by atoms with Crippen LogP contribution < -0.4 is 39.4 Å². The number of sulfonamides is 1. The predicted octanol–water partition coefficient (Wildman–Crippen LogP) is 0.619. The van der Waals surface area contributed by atoms with Crippen molar-refractivity contribution in [3.63, 3.8) is 0 Å². The second kappa shape index (κ2) is 11.1. The van der Waals surface area contributed by atoms with Crippen LogP contribution in [0.15, 0.2) is 68.6 Å². The first-order valence-corrected chi connectivity index (χ1v) is 12.7. The van der Waals surface area contributed by atoms with Gasteiger partial charge in [0.05, 0.1) is 17.7 Å². The summed E-state index contributed by atoms with van der Waals surface area (Å²) in [6.07, 6.45) is 0. The number of nitrogens with zero attached hydrogens (tertiary/aromatic N) is 3. The standard InChI is InChI=1S/C21H23N3O7S2.Na/c1-4-24(5-2)32(26,27)14-10-11-19(31-3)17(12-14)22-23-18-13-20(33(28,29)30)15-8-6-7-9-16(15)21(18)25;/h6-13,25H,4-5H2,1-3H3,(H,28,29,30);/q;+1/p-1. The van der Waals surface area contributed by atoms with Gasteiger partial charge in [0.1, 0.15) is 16.3 Å². The van der Waals surface area contributed by atoms with Crippen molar-refractivity contribution in [2.45, 2.75) is 23.6 Å². The second-order valence-corrected chi connectivity index (χ2v) is 10.2. The van der Waals surface area contributed by atoms with E-state index in [-0.39, 0.29) is 75.4 Å². The molecular weight excluding hydrogens is 493 g/mol. The quantitative estimate of drug-likeness (QED) is 0.263. The molecular formula is C21H22N3NaO7S2. The van der Waals surface area contributed by atoms with Crippen LogP contribution in [0.3, 0.4) is 0 Å². The Morgan fingerprint density at radius 1 is 0.941 bits per heavy atom. The predicted molar refractivity (Wildman–Crippen MR) is 120 cm³/mol. The molecule has 34 heavy (non-hydrogen) atoms. The van der Waals surface area contributed by atoms with Gasteiger partial charge in [0, 0.05) is 18.5 Å². The molecule has 10 nitrogen and oxygen atoms in total. The third-order valence-electron chi connectivity index (χ3n) is 4.97. The minimum atomic E-state index is -4.66. The van der Waals surface area contributed by atoms with Crippen LogP contribution in [0, 0.1) is 0 Å². The number of hydrogen-bond acceptors (Lipinski definition) is 8. The van der Waals surface area contributed by atoms with Gasteiger partial charge in [-0.1, -0.05) is 43.9 Å². The van der Waals surface area contributed by atoms with Crippen molar-refractivity contribution in [2.24, 2.45) is 10.2 Å². The summed E-state index contributed by atoms with van der Waals surface area (Å²) in [6.45, 7) is 3.98. The fourth-order valence-corrected chi connectivity index (χ4v) is 5.51. The van der Waals surface area contributed by atoms with Crippen LogP contribution in [-0.2, 0) is 20.1 Å². The Kier molecular flexibility index (Phi) is 9.22. The molecule has 0 fully saturated rings. The van der Waals surface area contributed by atoms with Gasteiger partial charge in [-0.15, -0.1) is 5.11 Å². The topological polar surface area (TPSA) is 149 Å². The summed E-state index contributed by atoms with van der Waals surface area (Å²) < 4.78 is 65.5. The Balaban J connectivity index is 0.00000408. The molecule has 176 valence electrons. The maximum absolute atomic E-state index is 12.8. The molecule has 0 aliphatic carbocycles. The smallest absolute Gasteiger partial charge is 0.871 e. The molecule has 3 aromatic carbocycles. The van der Waals surface area contributed by atoms with Gasteiger partial charge < -0.3 is 9.84 Å².